The summed E-state index contributed by atoms with van der Waals surface area (Å²) in [7, 11) is 0. The van der Waals surface area contributed by atoms with E-state index in [4.69, 9.17) is 47.8 Å². The van der Waals surface area contributed by atoms with E-state index in [1.54, 1.807) is 0 Å². The summed E-state index contributed by atoms with van der Waals surface area (Å²) in [5.74, 6) is 0. The first-order valence-corrected chi connectivity index (χ1v) is 15.2. The third kappa shape index (κ3) is 35.1. The summed E-state index contributed by atoms with van der Waals surface area (Å²) >= 11 is 0. The van der Waals surface area contributed by atoms with Crippen LogP contribution >= 0.6 is 0 Å². The maximum Gasteiger partial charge on any atom is 0.140 e. The van der Waals surface area contributed by atoms with Crippen molar-refractivity contribution in [3.05, 3.63) is 0 Å². The lowest BCUT2D eigenvalue weighted by molar-refractivity contribution is -0.0254. The lowest BCUT2D eigenvalue weighted by Gasteiger charge is -2.08. The van der Waals surface area contributed by atoms with Crippen LogP contribution in [0.5, 0.6) is 0 Å². The number of rotatable bonds is 35. The predicted octanol–water partition coefficient (Wildman–Crippen LogP) is 3.64. The van der Waals surface area contributed by atoms with Gasteiger partial charge in [-0.05, 0) is 19.8 Å². The lowest BCUT2D eigenvalue weighted by Crippen LogP contribution is -2.15. The molecule has 0 aromatic heterocycles. The van der Waals surface area contributed by atoms with E-state index in [9.17, 15) is 0 Å². The normalized spacial score (nSPS) is 11.9. The highest BCUT2D eigenvalue weighted by molar-refractivity contribution is 5.81. The molecule has 240 valence electrons. The number of ether oxygens (including phenoxy) is 8. The van der Waals surface area contributed by atoms with Gasteiger partial charge in [-0.15, -0.1) is 0 Å². The lowest BCUT2D eigenvalue weighted by atomic mass is 10.1. The summed E-state index contributed by atoms with van der Waals surface area (Å²) in [6, 6.07) is 0. The van der Waals surface area contributed by atoms with E-state index in [2.05, 4.69) is 12.1 Å². The van der Waals surface area contributed by atoms with Crippen LogP contribution in [0.1, 0.15) is 65.2 Å². The number of hydrogen-bond acceptors (Lipinski definition) is 11. The molecule has 11 heteroatoms. The van der Waals surface area contributed by atoms with Gasteiger partial charge in [0.05, 0.1) is 118 Å². The quantitative estimate of drug-likeness (QED) is 0.0676. The third-order valence-electron chi connectivity index (χ3n) is 5.52. The second kappa shape index (κ2) is 36.1. The number of unbranched alkanes of at least 4 members (excludes halogenated alkanes) is 6. The Kier molecular flexibility index (Phi) is 35.3. The molecular weight excluding hydrogens is 522 g/mol. The van der Waals surface area contributed by atoms with E-state index in [0.29, 0.717) is 112 Å². The first-order chi connectivity index (χ1) is 19.8. The van der Waals surface area contributed by atoms with E-state index in [-0.39, 0.29) is 6.61 Å². The molecule has 0 aliphatic rings. The highest BCUT2D eigenvalue weighted by atomic mass is 16.6. The summed E-state index contributed by atoms with van der Waals surface area (Å²) in [6.07, 6.45) is 10.2. The van der Waals surface area contributed by atoms with Crippen molar-refractivity contribution in [2.45, 2.75) is 65.2 Å². The fourth-order valence-electron chi connectivity index (χ4n) is 3.34. The Balaban J connectivity index is 3.14. The Labute approximate surface area is 243 Å². The fraction of sp³-hybridized carbons (Fsp3) is 0.966. The Morgan fingerprint density at radius 3 is 1.15 bits per heavy atom. The molecular formula is C29H59NO10. The van der Waals surface area contributed by atoms with Crippen LogP contribution in [0, 0.1) is 0 Å². The van der Waals surface area contributed by atoms with E-state index in [1.165, 1.54) is 44.9 Å². The van der Waals surface area contributed by atoms with Crippen LogP contribution in [0.4, 0.5) is 0 Å². The van der Waals surface area contributed by atoms with Gasteiger partial charge in [0.15, 0.2) is 0 Å². The molecule has 0 saturated heterocycles. The minimum absolute atomic E-state index is 0.0298. The molecule has 0 radical (unpaired) electrons. The van der Waals surface area contributed by atoms with Crippen molar-refractivity contribution >= 4 is 5.71 Å². The Morgan fingerprint density at radius 2 is 0.775 bits per heavy atom. The molecule has 0 aliphatic carbocycles. The zero-order valence-electron chi connectivity index (χ0n) is 25.5. The van der Waals surface area contributed by atoms with Gasteiger partial charge in [-0.2, -0.15) is 0 Å². The second-order valence-corrected chi connectivity index (χ2v) is 9.15. The highest BCUT2D eigenvalue weighted by Gasteiger charge is 1.97. The van der Waals surface area contributed by atoms with Crippen molar-refractivity contribution in [3.8, 4) is 0 Å². The van der Waals surface area contributed by atoms with Gasteiger partial charge in [0, 0.05) is 0 Å². The molecule has 0 aromatic carbocycles. The van der Waals surface area contributed by atoms with Crippen molar-refractivity contribution in [2.75, 3.05) is 119 Å². The van der Waals surface area contributed by atoms with Gasteiger partial charge in [0.25, 0.3) is 0 Å². The van der Waals surface area contributed by atoms with Crippen LogP contribution in [0.25, 0.3) is 0 Å². The molecule has 0 amide bonds. The molecule has 0 bridgehead atoms. The van der Waals surface area contributed by atoms with Gasteiger partial charge in [0.1, 0.15) is 6.61 Å². The topological polar surface area (TPSA) is 116 Å². The SMILES string of the molecule is CCCCCCCCCC(C)=NOCCOCCOCCOCCOCCOCCOCCOCCOCCO. The fourth-order valence-corrected chi connectivity index (χ4v) is 3.34. The summed E-state index contributed by atoms with van der Waals surface area (Å²) in [5, 5.41) is 12.7. The molecule has 40 heavy (non-hydrogen) atoms. The first-order valence-electron chi connectivity index (χ1n) is 15.2. The van der Waals surface area contributed by atoms with Crippen LogP contribution in [0.2, 0.25) is 0 Å². The average Bonchev–Trinajstić information content (AvgIpc) is 2.96. The van der Waals surface area contributed by atoms with Gasteiger partial charge in [-0.25, -0.2) is 0 Å². The zero-order chi connectivity index (χ0) is 29.0. The Morgan fingerprint density at radius 1 is 0.450 bits per heavy atom. The van der Waals surface area contributed by atoms with E-state index < -0.39 is 0 Å². The molecule has 0 aromatic rings. The summed E-state index contributed by atoms with van der Waals surface area (Å²) in [4.78, 5) is 5.32. The molecule has 0 heterocycles. The van der Waals surface area contributed by atoms with E-state index in [1.807, 2.05) is 6.92 Å². The third-order valence-corrected chi connectivity index (χ3v) is 5.52. The minimum atomic E-state index is 0.0298. The predicted molar refractivity (Wildman–Crippen MR) is 155 cm³/mol. The van der Waals surface area contributed by atoms with Crippen LogP contribution in [-0.4, -0.2) is 130 Å². The Hall–Kier alpha value is -0.890. The van der Waals surface area contributed by atoms with Gasteiger partial charge < -0.3 is 47.8 Å². The number of aliphatic hydroxyl groups is 1. The molecule has 0 spiro atoms. The van der Waals surface area contributed by atoms with E-state index >= 15 is 0 Å². The van der Waals surface area contributed by atoms with Crippen molar-refractivity contribution in [2.24, 2.45) is 5.16 Å². The molecule has 1 N–H and O–H groups in total. The molecule has 0 fully saturated rings. The van der Waals surface area contributed by atoms with Crippen LogP contribution in [-0.2, 0) is 42.7 Å². The van der Waals surface area contributed by atoms with E-state index in [0.717, 1.165) is 12.1 Å². The standard InChI is InChI=1S/C29H59NO10/c1-3-4-5-6-7-8-9-10-29(2)30-40-28-27-39-26-25-38-24-23-37-22-21-36-20-19-35-18-17-34-16-15-33-14-13-32-12-11-31/h31H,3-28H2,1-2H3. The van der Waals surface area contributed by atoms with Crippen LogP contribution in [0.15, 0.2) is 5.16 Å². The van der Waals surface area contributed by atoms with Gasteiger partial charge in [-0.3, -0.25) is 0 Å². The van der Waals surface area contributed by atoms with Crippen molar-refractivity contribution in [3.63, 3.8) is 0 Å². The molecule has 0 saturated carbocycles. The first kappa shape index (κ1) is 39.1. The highest BCUT2D eigenvalue weighted by Crippen LogP contribution is 2.08. The van der Waals surface area contributed by atoms with Crippen molar-refractivity contribution in [1.82, 2.24) is 0 Å². The minimum Gasteiger partial charge on any atom is -0.394 e. The zero-order valence-corrected chi connectivity index (χ0v) is 25.5. The molecule has 0 atom stereocenters. The molecule has 0 rings (SSSR count). The van der Waals surface area contributed by atoms with Crippen molar-refractivity contribution < 1.29 is 47.8 Å². The maximum absolute atomic E-state index is 8.57. The monoisotopic (exact) mass is 581 g/mol. The molecule has 0 aliphatic heterocycles. The van der Waals surface area contributed by atoms with Crippen molar-refractivity contribution in [1.29, 1.82) is 0 Å². The number of oxime groups is 1. The smallest absolute Gasteiger partial charge is 0.140 e. The average molecular weight is 582 g/mol. The summed E-state index contributed by atoms with van der Waals surface area (Å²) < 4.78 is 43.2. The maximum atomic E-state index is 8.57. The van der Waals surface area contributed by atoms with Gasteiger partial charge in [0.2, 0.25) is 0 Å². The summed E-state index contributed by atoms with van der Waals surface area (Å²) in [6.45, 7) is 12.8. The second-order valence-electron chi connectivity index (χ2n) is 9.15. The molecule has 0 unspecified atom stereocenters. The van der Waals surface area contributed by atoms with Gasteiger partial charge >= 0.3 is 0 Å². The Bertz CT molecular complexity index is 499. The number of hydrogen-bond donors (Lipinski definition) is 1. The molecule has 11 nitrogen and oxygen atoms in total. The van der Waals surface area contributed by atoms with Crippen LogP contribution < -0.4 is 0 Å². The van der Waals surface area contributed by atoms with Crippen LogP contribution in [0.3, 0.4) is 0 Å². The number of nitrogens with zero attached hydrogens (tertiary/aromatic N) is 1. The number of aliphatic hydroxyl groups excluding tert-OH is 1. The largest absolute Gasteiger partial charge is 0.394 e. The van der Waals surface area contributed by atoms with Gasteiger partial charge in [-0.1, -0.05) is 50.6 Å². The summed E-state index contributed by atoms with van der Waals surface area (Å²) in [5.41, 5.74) is 1.05.